The number of rotatable bonds is 7. The van der Waals surface area contributed by atoms with Crippen LogP contribution in [0.4, 0.5) is 4.39 Å². The van der Waals surface area contributed by atoms with Crippen molar-refractivity contribution in [2.24, 2.45) is 0 Å². The summed E-state index contributed by atoms with van der Waals surface area (Å²) in [7, 11) is -3.90. The third-order valence-electron chi connectivity index (χ3n) is 4.20. The van der Waals surface area contributed by atoms with Crippen LogP contribution in [0.25, 0.3) is 0 Å². The molecule has 0 atom stereocenters. The maximum atomic E-state index is 13.2. The molecule has 156 valence electrons. The second-order valence-electron chi connectivity index (χ2n) is 6.49. The van der Waals surface area contributed by atoms with Gasteiger partial charge in [-0.25, -0.2) is 22.3 Å². The highest BCUT2D eigenvalue weighted by Gasteiger charge is 2.32. The Labute approximate surface area is 171 Å². The fourth-order valence-electron chi connectivity index (χ4n) is 2.73. The molecule has 11 heteroatoms. The molecule has 1 aromatic heterocycles. The highest BCUT2D eigenvalue weighted by atomic mass is 35.5. The Morgan fingerprint density at radius 1 is 1.34 bits per heavy atom. The molecular formula is C18H18ClFN2O6S. The summed E-state index contributed by atoms with van der Waals surface area (Å²) in [6.45, 7) is 2.18. The van der Waals surface area contributed by atoms with Crippen molar-refractivity contribution >= 4 is 27.5 Å². The Balaban J connectivity index is 1.45. The Kier molecular flexibility index (Phi) is 6.25. The van der Waals surface area contributed by atoms with E-state index in [0.29, 0.717) is 24.6 Å². The molecule has 0 bridgehead atoms. The Morgan fingerprint density at radius 2 is 2.07 bits per heavy atom. The molecule has 1 aromatic carbocycles. The summed E-state index contributed by atoms with van der Waals surface area (Å²) in [5, 5.41) is -0.304. The minimum atomic E-state index is -3.90. The molecule has 1 N–H and O–H groups in total. The highest BCUT2D eigenvalue weighted by molar-refractivity contribution is 7.89. The van der Waals surface area contributed by atoms with Crippen molar-refractivity contribution in [3.8, 4) is 5.75 Å². The van der Waals surface area contributed by atoms with Gasteiger partial charge in [0.25, 0.3) is 0 Å². The Bertz CT molecular complexity index is 1080. The zero-order chi connectivity index (χ0) is 21.2. The highest BCUT2D eigenvalue weighted by Crippen LogP contribution is 2.20. The lowest BCUT2D eigenvalue weighted by molar-refractivity contribution is -0.139. The number of carbonyl (C=O) groups excluding carboxylic acids is 1. The van der Waals surface area contributed by atoms with Gasteiger partial charge >= 0.3 is 5.63 Å². The van der Waals surface area contributed by atoms with Gasteiger partial charge in [-0.1, -0.05) is 11.6 Å². The number of hydrogen-bond donors (Lipinski definition) is 1. The first kappa shape index (κ1) is 21.3. The van der Waals surface area contributed by atoms with Gasteiger partial charge in [-0.15, -0.1) is 0 Å². The first-order valence-electron chi connectivity index (χ1n) is 8.65. The van der Waals surface area contributed by atoms with Crippen LogP contribution in [-0.2, 0) is 14.8 Å². The molecule has 0 unspecified atom stereocenters. The molecule has 0 spiro atoms. The molecule has 1 aliphatic rings. The van der Waals surface area contributed by atoms with E-state index in [2.05, 4.69) is 4.72 Å². The van der Waals surface area contributed by atoms with Gasteiger partial charge in [0.15, 0.2) is 0 Å². The first-order chi connectivity index (χ1) is 13.6. The molecule has 8 nitrogen and oxygen atoms in total. The van der Waals surface area contributed by atoms with Crippen LogP contribution in [0.15, 0.2) is 44.4 Å². The normalized spacial score (nSPS) is 14.5. The number of likely N-dealkylation sites (tertiary alicyclic amines) is 1. The average molecular weight is 445 g/mol. The van der Waals surface area contributed by atoms with Crippen molar-refractivity contribution in [1.82, 2.24) is 9.62 Å². The molecule has 1 saturated heterocycles. The average Bonchev–Trinajstić information content (AvgIpc) is 2.59. The maximum absolute atomic E-state index is 13.2. The van der Waals surface area contributed by atoms with Gasteiger partial charge in [-0.3, -0.25) is 4.79 Å². The fourth-order valence-corrected chi connectivity index (χ4v) is 4.03. The zero-order valence-electron chi connectivity index (χ0n) is 15.4. The number of benzene rings is 1. The zero-order valence-corrected chi connectivity index (χ0v) is 16.9. The lowest BCUT2D eigenvalue weighted by Gasteiger charge is -2.39. The first-order valence-corrected chi connectivity index (χ1v) is 10.5. The molecule has 2 aromatic rings. The predicted molar refractivity (Wildman–Crippen MR) is 102 cm³/mol. The van der Waals surface area contributed by atoms with Crippen LogP contribution < -0.4 is 15.1 Å². The minimum Gasteiger partial charge on any atom is -0.486 e. The van der Waals surface area contributed by atoms with E-state index in [-0.39, 0.29) is 34.9 Å². The summed E-state index contributed by atoms with van der Waals surface area (Å²) in [5.41, 5.74) is -0.512. The number of carbonyl (C=O) groups is 1. The number of aryl methyl sites for hydroxylation is 1. The van der Waals surface area contributed by atoms with E-state index in [9.17, 15) is 22.4 Å². The van der Waals surface area contributed by atoms with Crippen molar-refractivity contribution in [1.29, 1.82) is 0 Å². The van der Waals surface area contributed by atoms with E-state index >= 15 is 0 Å². The van der Waals surface area contributed by atoms with Crippen molar-refractivity contribution in [3.05, 3.63) is 57.4 Å². The number of amides is 1. The Morgan fingerprint density at radius 3 is 2.72 bits per heavy atom. The molecule has 2 heterocycles. The van der Waals surface area contributed by atoms with Gasteiger partial charge in [-0.05, 0) is 25.1 Å². The number of ether oxygens (including phenoxy) is 1. The molecule has 0 saturated carbocycles. The van der Waals surface area contributed by atoms with Crippen LogP contribution in [-0.4, -0.2) is 45.0 Å². The Hall–Kier alpha value is -2.43. The standard InChI is InChI=1S/C18H18ClFN2O6S/c1-11-6-12(7-18(24)27-11)28-13-9-22(10-13)17(23)4-5-21-29(25,26)14-2-3-16(20)15(19)8-14/h2-3,6-8,13,21H,4-5,9-10H2,1H3. The van der Waals surface area contributed by atoms with E-state index in [1.807, 2.05) is 0 Å². The SMILES string of the molecule is Cc1cc(OC2CN(C(=O)CCNS(=O)(=O)c3ccc(F)c(Cl)c3)C2)cc(=O)o1. The summed E-state index contributed by atoms with van der Waals surface area (Å²) in [4.78, 5) is 24.8. The van der Waals surface area contributed by atoms with Crippen LogP contribution in [0.1, 0.15) is 12.2 Å². The molecule has 0 aliphatic carbocycles. The van der Waals surface area contributed by atoms with E-state index < -0.39 is 21.5 Å². The van der Waals surface area contributed by atoms with Crippen molar-refractivity contribution in [2.75, 3.05) is 19.6 Å². The second-order valence-corrected chi connectivity index (χ2v) is 8.66. The second kappa shape index (κ2) is 8.52. The number of hydrogen-bond acceptors (Lipinski definition) is 6. The van der Waals surface area contributed by atoms with Crippen LogP contribution in [0.3, 0.4) is 0 Å². The fraction of sp³-hybridized carbons (Fsp3) is 0.333. The number of sulfonamides is 1. The van der Waals surface area contributed by atoms with E-state index in [4.69, 9.17) is 20.8 Å². The summed E-state index contributed by atoms with van der Waals surface area (Å²) in [6, 6.07) is 5.87. The minimum absolute atomic E-state index is 0.0467. The van der Waals surface area contributed by atoms with Gasteiger partial charge in [0.1, 0.15) is 23.4 Å². The third-order valence-corrected chi connectivity index (χ3v) is 5.95. The molecule has 3 rings (SSSR count). The summed E-state index contributed by atoms with van der Waals surface area (Å²) < 4.78 is 50.3. The third kappa shape index (κ3) is 5.34. The number of halogens is 2. The van der Waals surface area contributed by atoms with E-state index in [0.717, 1.165) is 18.2 Å². The van der Waals surface area contributed by atoms with Gasteiger partial charge in [0.2, 0.25) is 15.9 Å². The molecular weight excluding hydrogens is 427 g/mol. The van der Waals surface area contributed by atoms with Crippen molar-refractivity contribution < 1.29 is 26.8 Å². The van der Waals surface area contributed by atoms with Crippen LogP contribution in [0.2, 0.25) is 5.02 Å². The van der Waals surface area contributed by atoms with Gasteiger partial charge in [-0.2, -0.15) is 0 Å². The molecule has 29 heavy (non-hydrogen) atoms. The topological polar surface area (TPSA) is 106 Å². The van der Waals surface area contributed by atoms with Gasteiger partial charge in [0.05, 0.1) is 29.1 Å². The maximum Gasteiger partial charge on any atom is 0.339 e. The smallest absolute Gasteiger partial charge is 0.339 e. The number of nitrogens with one attached hydrogen (secondary N) is 1. The molecule has 1 fully saturated rings. The van der Waals surface area contributed by atoms with Gasteiger partial charge < -0.3 is 14.1 Å². The monoisotopic (exact) mass is 444 g/mol. The van der Waals surface area contributed by atoms with Crippen molar-refractivity contribution in [2.45, 2.75) is 24.3 Å². The predicted octanol–water partition coefficient (Wildman–Crippen LogP) is 1.70. The van der Waals surface area contributed by atoms with Gasteiger partial charge in [0, 0.05) is 19.0 Å². The summed E-state index contributed by atoms with van der Waals surface area (Å²) in [6.07, 6.45) is -0.298. The van der Waals surface area contributed by atoms with Crippen LogP contribution in [0, 0.1) is 12.7 Å². The molecule has 1 amide bonds. The lowest BCUT2D eigenvalue weighted by atomic mass is 10.1. The van der Waals surface area contributed by atoms with Crippen LogP contribution in [0.5, 0.6) is 5.75 Å². The van der Waals surface area contributed by atoms with E-state index in [1.54, 1.807) is 13.0 Å². The summed E-state index contributed by atoms with van der Waals surface area (Å²) in [5.74, 6) is -0.161. The van der Waals surface area contributed by atoms with Crippen molar-refractivity contribution in [3.63, 3.8) is 0 Å². The lowest BCUT2D eigenvalue weighted by Crippen LogP contribution is -2.56. The molecule has 0 radical (unpaired) electrons. The molecule has 1 aliphatic heterocycles. The largest absolute Gasteiger partial charge is 0.486 e. The quantitative estimate of drug-likeness (QED) is 0.696. The van der Waals surface area contributed by atoms with E-state index in [1.165, 1.54) is 11.0 Å². The number of nitrogens with zero attached hydrogens (tertiary/aromatic N) is 1. The summed E-state index contributed by atoms with van der Waals surface area (Å²) >= 11 is 5.60. The van der Waals surface area contributed by atoms with Crippen LogP contribution >= 0.6 is 11.6 Å².